The van der Waals surface area contributed by atoms with E-state index in [9.17, 15) is 9.90 Å². The Labute approximate surface area is 125 Å². The maximum atomic E-state index is 12.5. The number of carbonyl (C=O) groups excluding carboxylic acids is 1. The number of nitrogens with one attached hydrogen (secondary N) is 1. The first kappa shape index (κ1) is 14.9. The van der Waals surface area contributed by atoms with Crippen molar-refractivity contribution in [2.24, 2.45) is 0 Å². The molecular formula is C17H20N2O2. The van der Waals surface area contributed by atoms with E-state index in [1.54, 1.807) is 23.1 Å². The third-order valence-electron chi connectivity index (χ3n) is 3.33. The lowest BCUT2D eigenvalue weighted by Gasteiger charge is -2.20. The van der Waals surface area contributed by atoms with Gasteiger partial charge in [0.2, 0.25) is 0 Å². The number of hydrogen-bond donors (Lipinski definition) is 2. The van der Waals surface area contributed by atoms with Crippen molar-refractivity contribution in [2.45, 2.75) is 13.8 Å². The highest BCUT2D eigenvalue weighted by molar-refractivity contribution is 6.00. The van der Waals surface area contributed by atoms with E-state index in [2.05, 4.69) is 5.32 Å². The van der Waals surface area contributed by atoms with Crippen molar-refractivity contribution < 1.29 is 9.90 Å². The van der Waals surface area contributed by atoms with Crippen molar-refractivity contribution in [3.8, 4) is 5.75 Å². The molecule has 0 atom stereocenters. The van der Waals surface area contributed by atoms with Crippen LogP contribution in [0.5, 0.6) is 5.75 Å². The van der Waals surface area contributed by atoms with Gasteiger partial charge < -0.3 is 15.3 Å². The third kappa shape index (κ3) is 3.54. The van der Waals surface area contributed by atoms with Crippen LogP contribution in [0.2, 0.25) is 0 Å². The van der Waals surface area contributed by atoms with Crippen LogP contribution >= 0.6 is 0 Å². The smallest absolute Gasteiger partial charge is 0.255 e. The van der Waals surface area contributed by atoms with Crippen LogP contribution in [-0.2, 0) is 0 Å². The van der Waals surface area contributed by atoms with Crippen molar-refractivity contribution >= 4 is 17.3 Å². The normalized spacial score (nSPS) is 10.2. The molecule has 0 heterocycles. The lowest BCUT2D eigenvalue weighted by molar-refractivity contribution is 0.0774. The standard InChI is InChI=1S/C17H20N2O2/c1-3-19(4-2)17(21)15-10-5-6-11-16(15)18-13-8-7-9-14(20)12-13/h5-12,18,20H,3-4H2,1-2H3. The number of nitrogens with zero attached hydrogens (tertiary/aromatic N) is 1. The van der Waals surface area contributed by atoms with E-state index in [-0.39, 0.29) is 11.7 Å². The summed E-state index contributed by atoms with van der Waals surface area (Å²) in [7, 11) is 0. The van der Waals surface area contributed by atoms with E-state index in [0.717, 1.165) is 11.4 Å². The van der Waals surface area contributed by atoms with Gasteiger partial charge in [-0.3, -0.25) is 4.79 Å². The maximum absolute atomic E-state index is 12.5. The van der Waals surface area contributed by atoms with Crippen LogP contribution in [0, 0.1) is 0 Å². The van der Waals surface area contributed by atoms with Crippen LogP contribution in [-0.4, -0.2) is 29.0 Å². The second kappa shape index (κ2) is 6.79. The van der Waals surface area contributed by atoms with E-state index in [4.69, 9.17) is 0 Å². The van der Waals surface area contributed by atoms with Crippen LogP contribution in [0.1, 0.15) is 24.2 Å². The minimum absolute atomic E-state index is 0.00301. The van der Waals surface area contributed by atoms with Gasteiger partial charge in [-0.05, 0) is 38.1 Å². The number of phenolic OH excluding ortho intramolecular Hbond substituents is 1. The molecule has 0 aliphatic carbocycles. The highest BCUT2D eigenvalue weighted by Gasteiger charge is 2.16. The number of carbonyl (C=O) groups is 1. The van der Waals surface area contributed by atoms with Crippen LogP contribution in [0.15, 0.2) is 48.5 Å². The van der Waals surface area contributed by atoms with Crippen molar-refractivity contribution in [3.63, 3.8) is 0 Å². The highest BCUT2D eigenvalue weighted by atomic mass is 16.3. The summed E-state index contributed by atoms with van der Waals surface area (Å²) < 4.78 is 0. The fourth-order valence-electron chi connectivity index (χ4n) is 2.20. The number of aromatic hydroxyl groups is 1. The number of rotatable bonds is 5. The van der Waals surface area contributed by atoms with Gasteiger partial charge in [0.25, 0.3) is 5.91 Å². The molecule has 0 fully saturated rings. The number of anilines is 2. The predicted molar refractivity (Wildman–Crippen MR) is 85.1 cm³/mol. The molecule has 0 saturated carbocycles. The predicted octanol–water partition coefficient (Wildman–Crippen LogP) is 3.62. The molecule has 0 bridgehead atoms. The van der Waals surface area contributed by atoms with E-state index in [1.165, 1.54) is 0 Å². The van der Waals surface area contributed by atoms with Crippen LogP contribution < -0.4 is 5.32 Å². The van der Waals surface area contributed by atoms with Gasteiger partial charge in [0, 0.05) is 24.8 Å². The van der Waals surface area contributed by atoms with Gasteiger partial charge in [-0.1, -0.05) is 18.2 Å². The molecule has 0 saturated heterocycles. The van der Waals surface area contributed by atoms with Gasteiger partial charge in [0.1, 0.15) is 5.75 Å². The van der Waals surface area contributed by atoms with Gasteiger partial charge in [0.15, 0.2) is 0 Å². The van der Waals surface area contributed by atoms with Gasteiger partial charge in [-0.15, -0.1) is 0 Å². The topological polar surface area (TPSA) is 52.6 Å². The summed E-state index contributed by atoms with van der Waals surface area (Å²) in [6.45, 7) is 5.28. The third-order valence-corrected chi connectivity index (χ3v) is 3.33. The molecule has 0 aliphatic heterocycles. The molecule has 4 heteroatoms. The Balaban J connectivity index is 2.31. The average molecular weight is 284 g/mol. The molecule has 0 spiro atoms. The summed E-state index contributed by atoms with van der Waals surface area (Å²) >= 11 is 0. The summed E-state index contributed by atoms with van der Waals surface area (Å²) in [5.74, 6) is 0.191. The van der Waals surface area contributed by atoms with Crippen molar-refractivity contribution in [3.05, 3.63) is 54.1 Å². The summed E-state index contributed by atoms with van der Waals surface area (Å²) in [4.78, 5) is 14.3. The minimum atomic E-state index is 0.00301. The number of hydrogen-bond acceptors (Lipinski definition) is 3. The molecule has 0 unspecified atom stereocenters. The Kier molecular flexibility index (Phi) is 4.82. The first-order chi connectivity index (χ1) is 10.2. The molecule has 0 aromatic heterocycles. The monoisotopic (exact) mass is 284 g/mol. The first-order valence-electron chi connectivity index (χ1n) is 7.10. The lowest BCUT2D eigenvalue weighted by Crippen LogP contribution is -2.30. The summed E-state index contributed by atoms with van der Waals surface area (Å²) in [5, 5.41) is 12.7. The zero-order valence-corrected chi connectivity index (χ0v) is 12.3. The van der Waals surface area contributed by atoms with E-state index in [1.807, 2.05) is 44.2 Å². The second-order valence-corrected chi connectivity index (χ2v) is 4.70. The van der Waals surface area contributed by atoms with Gasteiger partial charge in [-0.25, -0.2) is 0 Å². The zero-order chi connectivity index (χ0) is 15.2. The largest absolute Gasteiger partial charge is 0.508 e. The Morgan fingerprint density at radius 1 is 1.10 bits per heavy atom. The quantitative estimate of drug-likeness (QED) is 0.881. The first-order valence-corrected chi connectivity index (χ1v) is 7.10. The summed E-state index contributed by atoms with van der Waals surface area (Å²) in [6.07, 6.45) is 0. The number of benzene rings is 2. The van der Waals surface area contributed by atoms with Gasteiger partial charge >= 0.3 is 0 Å². The summed E-state index contributed by atoms with van der Waals surface area (Å²) in [5.41, 5.74) is 2.11. The number of amides is 1. The van der Waals surface area contributed by atoms with Gasteiger partial charge in [-0.2, -0.15) is 0 Å². The van der Waals surface area contributed by atoms with Crippen LogP contribution in [0.4, 0.5) is 11.4 Å². The van der Waals surface area contributed by atoms with Crippen LogP contribution in [0.3, 0.4) is 0 Å². The van der Waals surface area contributed by atoms with Crippen molar-refractivity contribution in [2.75, 3.05) is 18.4 Å². The van der Waals surface area contributed by atoms with Crippen molar-refractivity contribution in [1.82, 2.24) is 4.90 Å². The van der Waals surface area contributed by atoms with E-state index in [0.29, 0.717) is 18.7 Å². The molecule has 21 heavy (non-hydrogen) atoms. The molecule has 0 radical (unpaired) electrons. The SMILES string of the molecule is CCN(CC)C(=O)c1ccccc1Nc1cccc(O)c1. The Bertz CT molecular complexity index is 622. The average Bonchev–Trinajstić information content (AvgIpc) is 2.49. The molecule has 110 valence electrons. The Morgan fingerprint density at radius 3 is 2.48 bits per heavy atom. The summed E-state index contributed by atoms with van der Waals surface area (Å²) in [6, 6.07) is 14.2. The molecule has 2 aromatic rings. The number of phenols is 1. The molecule has 2 N–H and O–H groups in total. The Hall–Kier alpha value is -2.49. The Morgan fingerprint density at radius 2 is 1.81 bits per heavy atom. The highest BCUT2D eigenvalue weighted by Crippen LogP contribution is 2.24. The van der Waals surface area contributed by atoms with E-state index < -0.39 is 0 Å². The van der Waals surface area contributed by atoms with E-state index >= 15 is 0 Å². The fraction of sp³-hybridized carbons (Fsp3) is 0.235. The lowest BCUT2D eigenvalue weighted by atomic mass is 10.1. The van der Waals surface area contributed by atoms with Crippen LogP contribution in [0.25, 0.3) is 0 Å². The minimum Gasteiger partial charge on any atom is -0.508 e. The van der Waals surface area contributed by atoms with Crippen molar-refractivity contribution in [1.29, 1.82) is 0 Å². The molecule has 2 aromatic carbocycles. The molecule has 2 rings (SSSR count). The molecule has 0 aliphatic rings. The number of para-hydroxylation sites is 1. The second-order valence-electron chi connectivity index (χ2n) is 4.70. The van der Waals surface area contributed by atoms with Gasteiger partial charge in [0.05, 0.1) is 11.3 Å². The molecule has 4 nitrogen and oxygen atoms in total. The zero-order valence-electron chi connectivity index (χ0n) is 12.3. The molecular weight excluding hydrogens is 264 g/mol. The molecule has 1 amide bonds. The fourth-order valence-corrected chi connectivity index (χ4v) is 2.20. The maximum Gasteiger partial charge on any atom is 0.255 e.